The minimum absolute atomic E-state index is 0. The van der Waals surface area contributed by atoms with Gasteiger partial charge in [-0.3, -0.25) is 9.59 Å². The average molecular weight is 345 g/mol. The van der Waals surface area contributed by atoms with Crippen LogP contribution in [0.3, 0.4) is 0 Å². The predicted molar refractivity (Wildman–Crippen MR) is 92.3 cm³/mol. The van der Waals surface area contributed by atoms with E-state index in [0.717, 1.165) is 18.5 Å². The monoisotopic (exact) mass is 344 g/mol. The van der Waals surface area contributed by atoms with Gasteiger partial charge in [0.25, 0.3) is 0 Å². The highest BCUT2D eigenvalue weighted by molar-refractivity contribution is 5.85. The van der Waals surface area contributed by atoms with Crippen LogP contribution in [-0.4, -0.2) is 41.3 Å². The zero-order valence-corrected chi connectivity index (χ0v) is 13.8. The zero-order valence-electron chi connectivity index (χ0n) is 13.0. The maximum atomic E-state index is 10.2. The van der Waals surface area contributed by atoms with E-state index in [-0.39, 0.29) is 25.5 Å². The normalized spacial score (nSPS) is 13.9. The number of hydrogen-bond donors (Lipinski definition) is 4. The van der Waals surface area contributed by atoms with Crippen molar-refractivity contribution in [3.8, 4) is 0 Å². The molecule has 0 saturated heterocycles. The molecule has 0 radical (unpaired) electrons. The minimum Gasteiger partial charge on any atom is -0.480 e. The molecule has 0 heterocycles. The summed E-state index contributed by atoms with van der Waals surface area (Å²) in [6, 6.07) is 9.69. The van der Waals surface area contributed by atoms with Crippen LogP contribution >= 0.6 is 12.4 Å². The first-order valence-electron chi connectivity index (χ1n) is 7.54. The molecule has 0 amide bonds. The number of carboxylic acids is 2. The standard InChI is InChI=1S/C8H15NO2.C8H9NO2.ClH/c2*10-8(11)6-9-7-4-2-1-3-5-7;/h7,9H,1-6H2,(H,10,11);1-5,9H,6H2,(H,10,11);1H. The van der Waals surface area contributed by atoms with Gasteiger partial charge in [0.1, 0.15) is 6.54 Å². The highest BCUT2D eigenvalue weighted by atomic mass is 35.5. The molecule has 1 fully saturated rings. The summed E-state index contributed by atoms with van der Waals surface area (Å²) in [6.45, 7) is 0.0781. The molecule has 130 valence electrons. The fourth-order valence-corrected chi connectivity index (χ4v) is 2.27. The lowest BCUT2D eigenvalue weighted by molar-refractivity contribution is -0.136. The molecular weight excluding hydrogens is 320 g/mol. The van der Waals surface area contributed by atoms with Crippen LogP contribution in [0.4, 0.5) is 5.69 Å². The number of carbonyl (C=O) groups is 2. The van der Waals surface area contributed by atoms with E-state index in [2.05, 4.69) is 10.6 Å². The molecule has 0 aromatic heterocycles. The second-order valence-electron chi connectivity index (χ2n) is 5.22. The predicted octanol–water partition coefficient (Wildman–Crippen LogP) is 2.60. The van der Waals surface area contributed by atoms with Gasteiger partial charge in [-0.15, -0.1) is 12.4 Å². The summed E-state index contributed by atoms with van der Waals surface area (Å²) in [5.41, 5.74) is 0.829. The second kappa shape index (κ2) is 12.7. The topological polar surface area (TPSA) is 98.7 Å². The van der Waals surface area contributed by atoms with Crippen molar-refractivity contribution in [2.75, 3.05) is 18.4 Å². The van der Waals surface area contributed by atoms with Crippen molar-refractivity contribution >= 4 is 30.0 Å². The van der Waals surface area contributed by atoms with E-state index in [1.807, 2.05) is 30.3 Å². The highest BCUT2D eigenvalue weighted by Crippen LogP contribution is 2.16. The number of halogens is 1. The Bertz CT molecular complexity index is 451. The third kappa shape index (κ3) is 11.4. The Morgan fingerprint density at radius 3 is 2.04 bits per heavy atom. The molecule has 0 aliphatic heterocycles. The quantitative estimate of drug-likeness (QED) is 0.633. The summed E-state index contributed by atoms with van der Waals surface area (Å²) in [5, 5.41) is 22.5. The first-order valence-corrected chi connectivity index (χ1v) is 7.54. The third-order valence-electron chi connectivity index (χ3n) is 3.36. The van der Waals surface area contributed by atoms with Crippen LogP contribution in [0.1, 0.15) is 32.1 Å². The number of nitrogens with one attached hydrogen (secondary N) is 2. The molecule has 0 spiro atoms. The number of carboxylic acid groups (broad SMARTS) is 2. The van der Waals surface area contributed by atoms with E-state index < -0.39 is 11.9 Å². The van der Waals surface area contributed by atoms with Crippen molar-refractivity contribution in [1.82, 2.24) is 5.32 Å². The van der Waals surface area contributed by atoms with Gasteiger partial charge < -0.3 is 20.8 Å². The molecule has 1 aliphatic carbocycles. The van der Waals surface area contributed by atoms with E-state index in [1.165, 1.54) is 19.3 Å². The van der Waals surface area contributed by atoms with Crippen LogP contribution in [0.25, 0.3) is 0 Å². The Labute approximate surface area is 142 Å². The second-order valence-corrected chi connectivity index (χ2v) is 5.22. The largest absolute Gasteiger partial charge is 0.480 e. The zero-order chi connectivity index (χ0) is 16.2. The van der Waals surface area contributed by atoms with Crippen molar-refractivity contribution in [2.45, 2.75) is 38.1 Å². The van der Waals surface area contributed by atoms with Crippen LogP contribution in [0.15, 0.2) is 30.3 Å². The third-order valence-corrected chi connectivity index (χ3v) is 3.36. The van der Waals surface area contributed by atoms with Crippen molar-refractivity contribution in [2.24, 2.45) is 0 Å². The average Bonchev–Trinajstić information content (AvgIpc) is 2.53. The molecule has 0 bridgehead atoms. The summed E-state index contributed by atoms with van der Waals surface area (Å²) < 4.78 is 0. The first-order chi connectivity index (χ1) is 10.6. The fraction of sp³-hybridized carbons (Fsp3) is 0.500. The molecule has 7 heteroatoms. The molecular formula is C16H25ClN2O4. The summed E-state index contributed by atoms with van der Waals surface area (Å²) in [4.78, 5) is 20.3. The molecule has 1 saturated carbocycles. The number of para-hydroxylation sites is 1. The van der Waals surface area contributed by atoms with Gasteiger partial charge in [-0.2, -0.15) is 0 Å². The van der Waals surface area contributed by atoms with E-state index >= 15 is 0 Å². The van der Waals surface area contributed by atoms with Gasteiger partial charge >= 0.3 is 11.9 Å². The molecule has 1 aromatic rings. The van der Waals surface area contributed by atoms with Crippen molar-refractivity contribution < 1.29 is 19.8 Å². The van der Waals surface area contributed by atoms with Gasteiger partial charge in [-0.25, -0.2) is 0 Å². The molecule has 1 aromatic carbocycles. The highest BCUT2D eigenvalue weighted by Gasteiger charge is 2.12. The van der Waals surface area contributed by atoms with Crippen LogP contribution in [0.2, 0.25) is 0 Å². The molecule has 6 nitrogen and oxygen atoms in total. The van der Waals surface area contributed by atoms with Gasteiger partial charge in [-0.05, 0) is 25.0 Å². The minimum atomic E-state index is -0.853. The Morgan fingerprint density at radius 2 is 1.52 bits per heavy atom. The van der Waals surface area contributed by atoms with Crippen molar-refractivity contribution in [3.05, 3.63) is 30.3 Å². The smallest absolute Gasteiger partial charge is 0.322 e. The lowest BCUT2D eigenvalue weighted by Crippen LogP contribution is -2.34. The maximum Gasteiger partial charge on any atom is 0.322 e. The molecule has 4 N–H and O–H groups in total. The number of rotatable bonds is 6. The molecule has 23 heavy (non-hydrogen) atoms. The Morgan fingerprint density at radius 1 is 0.957 bits per heavy atom. The molecule has 0 atom stereocenters. The number of anilines is 1. The van der Waals surface area contributed by atoms with Gasteiger partial charge in [0.2, 0.25) is 0 Å². The summed E-state index contributed by atoms with van der Waals surface area (Å²) in [5.74, 6) is -1.61. The Kier molecular flexibility index (Phi) is 11.7. The molecule has 1 aliphatic rings. The van der Waals surface area contributed by atoms with Crippen LogP contribution in [0, 0.1) is 0 Å². The van der Waals surface area contributed by atoms with Crippen LogP contribution in [-0.2, 0) is 9.59 Å². The van der Waals surface area contributed by atoms with Gasteiger partial charge in [0, 0.05) is 11.7 Å². The van der Waals surface area contributed by atoms with Gasteiger partial charge in [0.15, 0.2) is 0 Å². The van der Waals surface area contributed by atoms with Gasteiger partial charge in [-0.1, -0.05) is 37.5 Å². The first kappa shape index (κ1) is 21.2. The lowest BCUT2D eigenvalue weighted by atomic mass is 9.96. The number of benzene rings is 1. The number of hydrogen-bond acceptors (Lipinski definition) is 4. The Hall–Kier alpha value is -1.79. The molecule has 0 unspecified atom stereocenters. The Balaban J connectivity index is 0.000000403. The summed E-state index contributed by atoms with van der Waals surface area (Å²) in [7, 11) is 0. The SMILES string of the molecule is Cl.O=C(O)CNC1CCCCC1.O=C(O)CNc1ccccc1. The van der Waals surface area contributed by atoms with Crippen LogP contribution in [0.5, 0.6) is 0 Å². The van der Waals surface area contributed by atoms with Crippen molar-refractivity contribution in [3.63, 3.8) is 0 Å². The lowest BCUT2D eigenvalue weighted by Gasteiger charge is -2.21. The van der Waals surface area contributed by atoms with E-state index in [1.54, 1.807) is 0 Å². The van der Waals surface area contributed by atoms with Gasteiger partial charge in [0.05, 0.1) is 6.54 Å². The van der Waals surface area contributed by atoms with E-state index in [0.29, 0.717) is 6.04 Å². The van der Waals surface area contributed by atoms with E-state index in [4.69, 9.17) is 10.2 Å². The fourth-order valence-electron chi connectivity index (χ4n) is 2.27. The summed E-state index contributed by atoms with van der Waals surface area (Å²) in [6.07, 6.45) is 6.10. The number of aliphatic carboxylic acids is 2. The maximum absolute atomic E-state index is 10.2. The summed E-state index contributed by atoms with van der Waals surface area (Å²) >= 11 is 0. The van der Waals surface area contributed by atoms with Crippen LogP contribution < -0.4 is 10.6 Å². The molecule has 2 rings (SSSR count). The van der Waals surface area contributed by atoms with E-state index in [9.17, 15) is 9.59 Å². The van der Waals surface area contributed by atoms with Crippen molar-refractivity contribution in [1.29, 1.82) is 0 Å².